The Bertz CT molecular complexity index is 137. The van der Waals surface area contributed by atoms with Gasteiger partial charge in [-0.05, 0) is 12.8 Å². The maximum absolute atomic E-state index is 6.09. The van der Waals surface area contributed by atoms with Gasteiger partial charge in [-0.25, -0.2) is 0 Å². The van der Waals surface area contributed by atoms with Crippen LogP contribution in [0.2, 0.25) is 0 Å². The van der Waals surface area contributed by atoms with Crippen molar-refractivity contribution >= 4 is 0 Å². The van der Waals surface area contributed by atoms with Crippen LogP contribution in [0.15, 0.2) is 0 Å². The van der Waals surface area contributed by atoms with Crippen LogP contribution in [0.5, 0.6) is 0 Å². The Balaban J connectivity index is 3.36. The average Bonchev–Trinajstić information content (AvgIpc) is 2.28. The van der Waals surface area contributed by atoms with Crippen molar-refractivity contribution in [3.63, 3.8) is 0 Å². The van der Waals surface area contributed by atoms with Gasteiger partial charge in [-0.1, -0.05) is 65.2 Å². The molecule has 0 saturated heterocycles. The lowest BCUT2D eigenvalue weighted by Gasteiger charge is -2.19. The van der Waals surface area contributed by atoms with Crippen LogP contribution >= 0.6 is 0 Å². The van der Waals surface area contributed by atoms with E-state index in [0.29, 0.717) is 0 Å². The van der Waals surface area contributed by atoms with E-state index >= 15 is 0 Å². The SMILES string of the molecule is CCCCCCCC(N)C(N)CCCCC. The van der Waals surface area contributed by atoms with Gasteiger partial charge in [0.25, 0.3) is 0 Å². The van der Waals surface area contributed by atoms with E-state index in [9.17, 15) is 0 Å². The first-order valence-electron chi connectivity index (χ1n) is 7.23. The molecule has 0 aromatic heterocycles. The standard InChI is InChI=1S/C14H32N2/c1-3-5-7-8-10-12-14(16)13(15)11-9-6-4-2/h13-14H,3-12,15-16H2,1-2H3. The van der Waals surface area contributed by atoms with Gasteiger partial charge in [0.15, 0.2) is 0 Å². The lowest BCUT2D eigenvalue weighted by Crippen LogP contribution is -2.41. The maximum Gasteiger partial charge on any atom is 0.0192 e. The van der Waals surface area contributed by atoms with Crippen molar-refractivity contribution in [1.82, 2.24) is 0 Å². The second kappa shape index (κ2) is 11.4. The summed E-state index contributed by atoms with van der Waals surface area (Å²) in [7, 11) is 0. The Kier molecular flexibility index (Phi) is 11.3. The van der Waals surface area contributed by atoms with Crippen LogP contribution in [0.4, 0.5) is 0 Å². The number of unbranched alkanes of at least 4 members (excludes halogenated alkanes) is 6. The molecule has 2 heteroatoms. The Morgan fingerprint density at radius 2 is 1.00 bits per heavy atom. The number of hydrogen-bond donors (Lipinski definition) is 2. The lowest BCUT2D eigenvalue weighted by molar-refractivity contribution is 0.434. The minimum atomic E-state index is 0.220. The van der Waals surface area contributed by atoms with E-state index in [2.05, 4.69) is 13.8 Å². The third kappa shape index (κ3) is 9.17. The molecule has 0 heterocycles. The van der Waals surface area contributed by atoms with Crippen LogP contribution in [0.25, 0.3) is 0 Å². The highest BCUT2D eigenvalue weighted by atomic mass is 14.8. The minimum absolute atomic E-state index is 0.220. The molecule has 0 aromatic carbocycles. The quantitative estimate of drug-likeness (QED) is 0.531. The maximum atomic E-state index is 6.09. The minimum Gasteiger partial charge on any atom is -0.326 e. The van der Waals surface area contributed by atoms with Crippen molar-refractivity contribution in [3.05, 3.63) is 0 Å². The molecule has 0 bridgehead atoms. The normalized spacial score (nSPS) is 15.0. The van der Waals surface area contributed by atoms with E-state index in [4.69, 9.17) is 11.5 Å². The van der Waals surface area contributed by atoms with Crippen molar-refractivity contribution in [3.8, 4) is 0 Å². The molecule has 4 N–H and O–H groups in total. The largest absolute Gasteiger partial charge is 0.326 e. The van der Waals surface area contributed by atoms with E-state index in [1.54, 1.807) is 0 Å². The molecule has 0 radical (unpaired) electrons. The summed E-state index contributed by atoms with van der Waals surface area (Å²) in [6.45, 7) is 4.47. The van der Waals surface area contributed by atoms with Gasteiger partial charge in [0.2, 0.25) is 0 Å². The molecule has 0 aromatic rings. The zero-order valence-corrected chi connectivity index (χ0v) is 11.4. The summed E-state index contributed by atoms with van der Waals surface area (Å²) in [6, 6.07) is 0.441. The van der Waals surface area contributed by atoms with Gasteiger partial charge in [0, 0.05) is 12.1 Å². The van der Waals surface area contributed by atoms with Gasteiger partial charge in [0.1, 0.15) is 0 Å². The van der Waals surface area contributed by atoms with E-state index in [1.165, 1.54) is 51.4 Å². The Hall–Kier alpha value is -0.0800. The number of nitrogens with two attached hydrogens (primary N) is 2. The Morgan fingerprint density at radius 3 is 1.50 bits per heavy atom. The molecule has 0 fully saturated rings. The van der Waals surface area contributed by atoms with Crippen LogP contribution in [-0.2, 0) is 0 Å². The highest BCUT2D eigenvalue weighted by Crippen LogP contribution is 2.10. The monoisotopic (exact) mass is 228 g/mol. The molecule has 2 atom stereocenters. The lowest BCUT2D eigenvalue weighted by atomic mass is 9.97. The average molecular weight is 228 g/mol. The van der Waals surface area contributed by atoms with E-state index in [1.807, 2.05) is 0 Å². The van der Waals surface area contributed by atoms with Crippen molar-refractivity contribution < 1.29 is 0 Å². The summed E-state index contributed by atoms with van der Waals surface area (Å²) in [4.78, 5) is 0. The second-order valence-corrected chi connectivity index (χ2v) is 5.03. The van der Waals surface area contributed by atoms with Crippen LogP contribution in [0.1, 0.15) is 78.1 Å². The van der Waals surface area contributed by atoms with E-state index < -0.39 is 0 Å². The highest BCUT2D eigenvalue weighted by molar-refractivity contribution is 4.75. The van der Waals surface area contributed by atoms with Gasteiger partial charge in [-0.15, -0.1) is 0 Å². The first-order valence-corrected chi connectivity index (χ1v) is 7.23. The summed E-state index contributed by atoms with van der Waals surface area (Å²) >= 11 is 0. The summed E-state index contributed by atoms with van der Waals surface area (Å²) in [5.41, 5.74) is 12.2. The summed E-state index contributed by atoms with van der Waals surface area (Å²) in [5, 5.41) is 0. The zero-order valence-electron chi connectivity index (χ0n) is 11.4. The van der Waals surface area contributed by atoms with Crippen LogP contribution in [0, 0.1) is 0 Å². The number of rotatable bonds is 11. The molecule has 16 heavy (non-hydrogen) atoms. The molecule has 0 spiro atoms. The van der Waals surface area contributed by atoms with Gasteiger partial charge in [-0.2, -0.15) is 0 Å². The predicted molar refractivity (Wildman–Crippen MR) is 73.5 cm³/mol. The summed E-state index contributed by atoms with van der Waals surface area (Å²) in [6.07, 6.45) is 12.6. The zero-order chi connectivity index (χ0) is 12.2. The first kappa shape index (κ1) is 15.9. The molecule has 98 valence electrons. The first-order chi connectivity index (χ1) is 7.72. The molecule has 0 rings (SSSR count). The number of hydrogen-bond acceptors (Lipinski definition) is 2. The Morgan fingerprint density at radius 1 is 0.625 bits per heavy atom. The molecular weight excluding hydrogens is 196 g/mol. The fourth-order valence-electron chi connectivity index (χ4n) is 2.04. The molecule has 2 nitrogen and oxygen atoms in total. The van der Waals surface area contributed by atoms with Crippen LogP contribution < -0.4 is 11.5 Å². The fraction of sp³-hybridized carbons (Fsp3) is 1.00. The Labute approximate surface area is 102 Å². The third-order valence-corrected chi connectivity index (χ3v) is 3.33. The van der Waals surface area contributed by atoms with Crippen LogP contribution in [-0.4, -0.2) is 12.1 Å². The molecule has 0 aliphatic carbocycles. The van der Waals surface area contributed by atoms with Gasteiger partial charge >= 0.3 is 0 Å². The molecule has 2 unspecified atom stereocenters. The second-order valence-electron chi connectivity index (χ2n) is 5.03. The highest BCUT2D eigenvalue weighted by Gasteiger charge is 2.11. The van der Waals surface area contributed by atoms with Gasteiger partial charge in [0.05, 0.1) is 0 Å². The summed E-state index contributed by atoms with van der Waals surface area (Å²) in [5.74, 6) is 0. The molecule has 0 amide bonds. The predicted octanol–water partition coefficient (Wildman–Crippen LogP) is 3.58. The van der Waals surface area contributed by atoms with E-state index in [-0.39, 0.29) is 12.1 Å². The summed E-state index contributed by atoms with van der Waals surface area (Å²) < 4.78 is 0. The van der Waals surface area contributed by atoms with Gasteiger partial charge < -0.3 is 11.5 Å². The molecule has 0 aliphatic heterocycles. The van der Waals surface area contributed by atoms with Gasteiger partial charge in [-0.3, -0.25) is 0 Å². The van der Waals surface area contributed by atoms with Crippen LogP contribution in [0.3, 0.4) is 0 Å². The smallest absolute Gasteiger partial charge is 0.0192 e. The topological polar surface area (TPSA) is 52.0 Å². The van der Waals surface area contributed by atoms with Crippen molar-refractivity contribution in [2.75, 3.05) is 0 Å². The van der Waals surface area contributed by atoms with Crippen molar-refractivity contribution in [1.29, 1.82) is 0 Å². The van der Waals surface area contributed by atoms with Crippen molar-refractivity contribution in [2.45, 2.75) is 90.1 Å². The van der Waals surface area contributed by atoms with Crippen molar-refractivity contribution in [2.24, 2.45) is 11.5 Å². The molecule has 0 aliphatic rings. The van der Waals surface area contributed by atoms with E-state index in [0.717, 1.165) is 12.8 Å². The molecule has 0 saturated carbocycles. The third-order valence-electron chi connectivity index (χ3n) is 3.33. The molecular formula is C14H32N2. The fourth-order valence-corrected chi connectivity index (χ4v) is 2.04.